The third-order valence-electron chi connectivity index (χ3n) is 5.05. The number of amides is 1. The van der Waals surface area contributed by atoms with Gasteiger partial charge < -0.3 is 10.2 Å². The summed E-state index contributed by atoms with van der Waals surface area (Å²) < 4.78 is 0. The summed E-state index contributed by atoms with van der Waals surface area (Å²) in [7, 11) is 0. The van der Waals surface area contributed by atoms with Crippen LogP contribution < -0.4 is 5.32 Å². The lowest BCUT2D eigenvalue weighted by Gasteiger charge is -2.35. The number of carbonyl (C=O) groups is 1. The van der Waals surface area contributed by atoms with Crippen molar-refractivity contribution >= 4 is 5.91 Å². The van der Waals surface area contributed by atoms with Gasteiger partial charge in [-0.1, -0.05) is 44.2 Å². The maximum Gasteiger partial charge on any atom is 0.223 e. The fourth-order valence-electron chi connectivity index (χ4n) is 3.37. The first kappa shape index (κ1) is 18.0. The molecule has 3 nitrogen and oxygen atoms in total. The summed E-state index contributed by atoms with van der Waals surface area (Å²) in [5, 5.41) is 3.31. The number of hydrogen-bond acceptors (Lipinski definition) is 2. The van der Waals surface area contributed by atoms with Crippen LogP contribution >= 0.6 is 0 Å². The number of rotatable bonds is 6. The third kappa shape index (κ3) is 5.35. The van der Waals surface area contributed by atoms with Crippen LogP contribution in [0.15, 0.2) is 30.3 Å². The highest BCUT2D eigenvalue weighted by molar-refractivity contribution is 5.79. The van der Waals surface area contributed by atoms with Crippen molar-refractivity contribution in [1.29, 1.82) is 0 Å². The van der Waals surface area contributed by atoms with Crippen LogP contribution in [-0.4, -0.2) is 36.0 Å². The van der Waals surface area contributed by atoms with E-state index in [-0.39, 0.29) is 11.8 Å². The molecular formula is C20H32N2O. The minimum atomic E-state index is 0.0560. The first-order valence-electron chi connectivity index (χ1n) is 9.05. The number of carbonyl (C=O) groups excluding carboxylic acids is 1. The molecule has 1 heterocycles. The molecule has 3 heteroatoms. The summed E-state index contributed by atoms with van der Waals surface area (Å²) in [6, 6.07) is 11.3. The maximum atomic E-state index is 12.7. The fourth-order valence-corrected chi connectivity index (χ4v) is 3.37. The van der Waals surface area contributed by atoms with Crippen molar-refractivity contribution in [1.82, 2.24) is 10.2 Å². The summed E-state index contributed by atoms with van der Waals surface area (Å²) in [6.07, 6.45) is 2.97. The highest BCUT2D eigenvalue weighted by Crippen LogP contribution is 2.19. The van der Waals surface area contributed by atoms with Crippen LogP contribution in [0, 0.1) is 11.8 Å². The van der Waals surface area contributed by atoms with E-state index in [1.807, 2.05) is 18.2 Å². The molecule has 1 N–H and O–H groups in total. The molecule has 23 heavy (non-hydrogen) atoms. The van der Waals surface area contributed by atoms with E-state index in [1.54, 1.807) is 0 Å². The van der Waals surface area contributed by atoms with E-state index in [9.17, 15) is 4.79 Å². The molecule has 1 aliphatic heterocycles. The summed E-state index contributed by atoms with van der Waals surface area (Å²) >= 11 is 0. The second-order valence-corrected chi connectivity index (χ2v) is 7.45. The zero-order valence-electron chi connectivity index (χ0n) is 15.1. The molecule has 1 amide bonds. The number of hydrogen-bond donors (Lipinski definition) is 1. The Hall–Kier alpha value is -1.35. The second kappa shape index (κ2) is 8.49. The van der Waals surface area contributed by atoms with Gasteiger partial charge >= 0.3 is 0 Å². The molecule has 0 spiro atoms. The van der Waals surface area contributed by atoms with Crippen molar-refractivity contribution < 1.29 is 4.79 Å². The van der Waals surface area contributed by atoms with E-state index in [0.29, 0.717) is 18.0 Å². The van der Waals surface area contributed by atoms with Crippen molar-refractivity contribution in [2.45, 2.75) is 59.0 Å². The Balaban J connectivity index is 1.89. The van der Waals surface area contributed by atoms with Crippen LogP contribution in [0.2, 0.25) is 0 Å². The average molecular weight is 316 g/mol. The van der Waals surface area contributed by atoms with Gasteiger partial charge in [0.05, 0.1) is 0 Å². The lowest BCUT2D eigenvalue weighted by Crippen LogP contribution is -2.48. The van der Waals surface area contributed by atoms with E-state index in [1.165, 1.54) is 5.56 Å². The predicted molar refractivity (Wildman–Crippen MR) is 96.3 cm³/mol. The number of benzene rings is 1. The van der Waals surface area contributed by atoms with Gasteiger partial charge in [0.15, 0.2) is 0 Å². The van der Waals surface area contributed by atoms with Crippen molar-refractivity contribution in [3.8, 4) is 0 Å². The Bertz CT molecular complexity index is 476. The highest BCUT2D eigenvalue weighted by atomic mass is 16.1. The predicted octanol–water partition coefficient (Wildman–Crippen LogP) is 3.49. The minimum absolute atomic E-state index is 0.0560. The molecule has 0 aromatic heterocycles. The lowest BCUT2D eigenvalue weighted by molar-refractivity contribution is -0.127. The van der Waals surface area contributed by atoms with Gasteiger partial charge in [-0.15, -0.1) is 0 Å². The molecule has 2 rings (SSSR count). The Kier molecular flexibility index (Phi) is 6.64. The average Bonchev–Trinajstić information content (AvgIpc) is 2.53. The molecule has 1 aromatic carbocycles. The molecule has 1 aromatic rings. The molecule has 1 aliphatic rings. The highest BCUT2D eigenvalue weighted by Gasteiger charge is 2.27. The summed E-state index contributed by atoms with van der Waals surface area (Å²) in [6.45, 7) is 11.0. The monoisotopic (exact) mass is 316 g/mol. The van der Waals surface area contributed by atoms with Gasteiger partial charge in [0.25, 0.3) is 0 Å². The SMILES string of the molecule is CC(C)C(Cc1ccccc1)C(=O)NC1CCN(C(C)C)CC1. The van der Waals surface area contributed by atoms with Crippen LogP contribution in [0.3, 0.4) is 0 Å². The first-order chi connectivity index (χ1) is 11.0. The van der Waals surface area contributed by atoms with Crippen molar-refractivity contribution in [2.24, 2.45) is 11.8 Å². The maximum absolute atomic E-state index is 12.7. The summed E-state index contributed by atoms with van der Waals surface area (Å²) in [5.41, 5.74) is 1.25. The van der Waals surface area contributed by atoms with Gasteiger partial charge in [0.1, 0.15) is 0 Å². The number of likely N-dealkylation sites (tertiary alicyclic amines) is 1. The minimum Gasteiger partial charge on any atom is -0.353 e. The molecule has 1 unspecified atom stereocenters. The first-order valence-corrected chi connectivity index (χ1v) is 9.05. The van der Waals surface area contributed by atoms with Gasteiger partial charge in [0.2, 0.25) is 5.91 Å². The van der Waals surface area contributed by atoms with Gasteiger partial charge in [0, 0.05) is 31.1 Å². The van der Waals surface area contributed by atoms with Gasteiger partial charge in [-0.25, -0.2) is 0 Å². The summed E-state index contributed by atoms with van der Waals surface area (Å²) in [4.78, 5) is 15.2. The van der Waals surface area contributed by atoms with Crippen LogP contribution in [-0.2, 0) is 11.2 Å². The van der Waals surface area contributed by atoms with Crippen LogP contribution in [0.4, 0.5) is 0 Å². The van der Waals surface area contributed by atoms with Crippen molar-refractivity contribution in [3.63, 3.8) is 0 Å². The molecule has 1 fully saturated rings. The summed E-state index contributed by atoms with van der Waals surface area (Å²) in [5.74, 6) is 0.637. The van der Waals surface area contributed by atoms with Crippen LogP contribution in [0.1, 0.15) is 46.1 Å². The standard InChI is InChI=1S/C20H32N2O/c1-15(2)19(14-17-8-6-5-7-9-17)20(23)21-18-10-12-22(13-11-18)16(3)4/h5-9,15-16,18-19H,10-14H2,1-4H3,(H,21,23). The Morgan fingerprint density at radius 3 is 2.26 bits per heavy atom. The van der Waals surface area contributed by atoms with Gasteiger partial charge in [-0.05, 0) is 44.6 Å². The zero-order chi connectivity index (χ0) is 16.8. The molecule has 0 bridgehead atoms. The van der Waals surface area contributed by atoms with E-state index >= 15 is 0 Å². The molecule has 0 aliphatic carbocycles. The quantitative estimate of drug-likeness (QED) is 0.871. The fraction of sp³-hybridized carbons (Fsp3) is 0.650. The zero-order valence-corrected chi connectivity index (χ0v) is 15.1. The third-order valence-corrected chi connectivity index (χ3v) is 5.05. The lowest BCUT2D eigenvalue weighted by atomic mass is 9.88. The second-order valence-electron chi connectivity index (χ2n) is 7.45. The molecule has 1 saturated heterocycles. The molecule has 0 radical (unpaired) electrons. The van der Waals surface area contributed by atoms with Gasteiger partial charge in [-0.2, -0.15) is 0 Å². The Morgan fingerprint density at radius 2 is 1.74 bits per heavy atom. The number of nitrogens with one attached hydrogen (secondary N) is 1. The van der Waals surface area contributed by atoms with E-state index < -0.39 is 0 Å². The van der Waals surface area contributed by atoms with Crippen LogP contribution in [0.25, 0.3) is 0 Å². The molecule has 1 atom stereocenters. The van der Waals surface area contributed by atoms with Gasteiger partial charge in [-0.3, -0.25) is 4.79 Å². The Morgan fingerprint density at radius 1 is 1.13 bits per heavy atom. The largest absolute Gasteiger partial charge is 0.353 e. The Labute approximate surface area is 141 Å². The van der Waals surface area contributed by atoms with Crippen LogP contribution in [0.5, 0.6) is 0 Å². The number of nitrogens with zero attached hydrogens (tertiary/aromatic N) is 1. The molecule has 128 valence electrons. The van der Waals surface area contributed by atoms with Crippen molar-refractivity contribution in [3.05, 3.63) is 35.9 Å². The molecular weight excluding hydrogens is 284 g/mol. The van der Waals surface area contributed by atoms with E-state index in [2.05, 4.69) is 50.0 Å². The topological polar surface area (TPSA) is 32.3 Å². The van der Waals surface area contributed by atoms with E-state index in [4.69, 9.17) is 0 Å². The van der Waals surface area contributed by atoms with Crippen molar-refractivity contribution in [2.75, 3.05) is 13.1 Å². The smallest absolute Gasteiger partial charge is 0.223 e. The van der Waals surface area contributed by atoms with E-state index in [0.717, 1.165) is 32.4 Å². The molecule has 0 saturated carbocycles. The normalized spacial score (nSPS) is 18.3. The number of piperidine rings is 1.